The lowest BCUT2D eigenvalue weighted by molar-refractivity contribution is -0.130. The molecule has 5 rings (SSSR count). The van der Waals surface area contributed by atoms with Crippen molar-refractivity contribution in [3.05, 3.63) is 65.7 Å². The second kappa shape index (κ2) is 13.4. The van der Waals surface area contributed by atoms with E-state index < -0.39 is 5.92 Å². The molecule has 2 aromatic rings. The van der Waals surface area contributed by atoms with E-state index in [0.717, 1.165) is 55.8 Å². The summed E-state index contributed by atoms with van der Waals surface area (Å²) in [5.74, 6) is -2.32. The number of urea groups is 1. The summed E-state index contributed by atoms with van der Waals surface area (Å²) in [4.78, 5) is 30.1. The number of likely N-dealkylation sites (tertiary alicyclic amines) is 1. The maximum atomic E-state index is 13.6. The van der Waals surface area contributed by atoms with Gasteiger partial charge in [-0.2, -0.15) is 0 Å². The number of ether oxygens (including phenoxy) is 1. The topological polar surface area (TPSA) is 73.9 Å². The van der Waals surface area contributed by atoms with Crippen LogP contribution in [0, 0.1) is 5.92 Å². The Balaban J connectivity index is 0.00000387. The third-order valence-electron chi connectivity index (χ3n) is 8.84. The molecule has 0 radical (unpaired) electrons. The van der Waals surface area contributed by atoms with Gasteiger partial charge in [0, 0.05) is 51.5 Å². The van der Waals surface area contributed by atoms with Crippen LogP contribution in [0.4, 0.5) is 13.6 Å². The Morgan fingerprint density at radius 3 is 2.34 bits per heavy atom. The molecule has 3 aliphatic rings. The molecule has 1 atom stereocenters. The number of halogens is 3. The van der Waals surface area contributed by atoms with Crippen molar-refractivity contribution in [1.29, 1.82) is 0 Å². The van der Waals surface area contributed by atoms with E-state index in [4.69, 9.17) is 4.74 Å². The van der Waals surface area contributed by atoms with E-state index in [1.54, 1.807) is 7.11 Å². The molecule has 0 aromatic heterocycles. The molecule has 3 fully saturated rings. The molecule has 2 saturated heterocycles. The SMILES string of the molecule is COc1ccc(CN2CC3(CCN(CC[C@H](NC(=O)C4CCC(F)(F)CC4)c4ccccc4)CC3)NC2=O)cc1.Cl. The van der Waals surface area contributed by atoms with Crippen molar-refractivity contribution < 1.29 is 23.1 Å². The van der Waals surface area contributed by atoms with Gasteiger partial charge in [-0.1, -0.05) is 42.5 Å². The highest BCUT2D eigenvalue weighted by Crippen LogP contribution is 2.36. The third kappa shape index (κ3) is 7.89. The van der Waals surface area contributed by atoms with E-state index in [1.165, 1.54) is 0 Å². The van der Waals surface area contributed by atoms with E-state index in [0.29, 0.717) is 13.1 Å². The molecule has 2 N–H and O–H groups in total. The molecule has 7 nitrogen and oxygen atoms in total. The molecule has 0 bridgehead atoms. The van der Waals surface area contributed by atoms with Crippen molar-refractivity contribution in [3.63, 3.8) is 0 Å². The van der Waals surface area contributed by atoms with E-state index >= 15 is 0 Å². The smallest absolute Gasteiger partial charge is 0.318 e. The van der Waals surface area contributed by atoms with E-state index in [9.17, 15) is 18.4 Å². The minimum absolute atomic E-state index is 0. The van der Waals surface area contributed by atoms with Gasteiger partial charge >= 0.3 is 6.03 Å². The number of alkyl halides is 2. The number of benzene rings is 2. The van der Waals surface area contributed by atoms with Crippen LogP contribution in [0.3, 0.4) is 0 Å². The maximum Gasteiger partial charge on any atom is 0.318 e. The van der Waals surface area contributed by atoms with Gasteiger partial charge in [0.15, 0.2) is 0 Å². The highest BCUT2D eigenvalue weighted by molar-refractivity contribution is 5.85. The summed E-state index contributed by atoms with van der Waals surface area (Å²) in [6.07, 6.45) is 2.51. The van der Waals surface area contributed by atoms with Gasteiger partial charge in [-0.3, -0.25) is 4.79 Å². The van der Waals surface area contributed by atoms with Crippen LogP contribution >= 0.6 is 12.4 Å². The standard InChI is InChI=1S/C31H40F2N4O3.ClH/c1-40-26-9-7-23(8-10-26)21-37-22-30(35-29(37)39)16-19-36(20-17-30)18-13-27(24-5-3-2-4-6-24)34-28(38)25-11-14-31(32,33)15-12-25;/h2-10,25,27H,11-22H2,1H3,(H,34,38)(H,35,39);1H/t27-;/m0./s1. The van der Waals surface area contributed by atoms with Crippen LogP contribution in [0.15, 0.2) is 54.6 Å². The average Bonchev–Trinajstić information content (AvgIpc) is 3.26. The van der Waals surface area contributed by atoms with Gasteiger partial charge in [0.2, 0.25) is 11.8 Å². The largest absolute Gasteiger partial charge is 0.497 e. The van der Waals surface area contributed by atoms with E-state index in [2.05, 4.69) is 15.5 Å². The molecule has 1 aliphatic carbocycles. The molecule has 2 heterocycles. The van der Waals surface area contributed by atoms with Crippen molar-refractivity contribution in [2.75, 3.05) is 33.3 Å². The number of hydrogen-bond donors (Lipinski definition) is 2. The highest BCUT2D eigenvalue weighted by atomic mass is 35.5. The number of carbonyl (C=O) groups is 2. The molecular formula is C31H41ClF2N4O3. The van der Waals surface area contributed by atoms with Crippen LogP contribution in [-0.2, 0) is 11.3 Å². The van der Waals surface area contributed by atoms with E-state index in [1.807, 2.05) is 59.5 Å². The van der Waals surface area contributed by atoms with Crippen molar-refractivity contribution in [1.82, 2.24) is 20.4 Å². The fraction of sp³-hybridized carbons (Fsp3) is 0.548. The summed E-state index contributed by atoms with van der Waals surface area (Å²) in [7, 11) is 1.64. The number of methoxy groups -OCH3 is 1. The van der Waals surface area contributed by atoms with Gasteiger partial charge in [-0.05, 0) is 55.4 Å². The lowest BCUT2D eigenvalue weighted by Crippen LogP contribution is -2.52. The molecular weight excluding hydrogens is 550 g/mol. The number of piperidine rings is 1. The monoisotopic (exact) mass is 590 g/mol. The molecule has 224 valence electrons. The predicted octanol–water partition coefficient (Wildman–Crippen LogP) is 5.55. The van der Waals surface area contributed by atoms with Crippen LogP contribution in [-0.4, -0.2) is 66.5 Å². The Kier molecular flexibility index (Phi) is 10.1. The van der Waals surface area contributed by atoms with Gasteiger partial charge in [0.25, 0.3) is 0 Å². The zero-order chi connectivity index (χ0) is 28.2. The molecule has 1 saturated carbocycles. The number of amides is 3. The van der Waals surface area contributed by atoms with Crippen molar-refractivity contribution >= 4 is 24.3 Å². The van der Waals surface area contributed by atoms with Crippen molar-refractivity contribution in [2.24, 2.45) is 5.92 Å². The molecule has 3 amide bonds. The van der Waals surface area contributed by atoms with Crippen molar-refractivity contribution in [2.45, 2.75) is 69.0 Å². The Morgan fingerprint density at radius 2 is 1.71 bits per heavy atom. The molecule has 0 unspecified atom stereocenters. The minimum Gasteiger partial charge on any atom is -0.497 e. The van der Waals surface area contributed by atoms with Crippen LogP contribution < -0.4 is 15.4 Å². The zero-order valence-electron chi connectivity index (χ0n) is 23.6. The van der Waals surface area contributed by atoms with Gasteiger partial charge in [-0.25, -0.2) is 13.6 Å². The number of nitrogens with zero attached hydrogens (tertiary/aromatic N) is 2. The van der Waals surface area contributed by atoms with E-state index in [-0.39, 0.29) is 67.5 Å². The summed E-state index contributed by atoms with van der Waals surface area (Å²) in [6, 6.07) is 17.5. The summed E-state index contributed by atoms with van der Waals surface area (Å²) >= 11 is 0. The third-order valence-corrected chi connectivity index (χ3v) is 8.84. The number of carbonyl (C=O) groups excluding carboxylic acids is 2. The van der Waals surface area contributed by atoms with Crippen LogP contribution in [0.5, 0.6) is 5.75 Å². The molecule has 41 heavy (non-hydrogen) atoms. The first kappa shape index (κ1) is 31.0. The number of hydrogen-bond acceptors (Lipinski definition) is 4. The maximum absolute atomic E-state index is 13.6. The van der Waals surface area contributed by atoms with Gasteiger partial charge in [-0.15, -0.1) is 12.4 Å². The van der Waals surface area contributed by atoms with Crippen LogP contribution in [0.1, 0.15) is 62.1 Å². The second-order valence-electron chi connectivity index (χ2n) is 11.6. The second-order valence-corrected chi connectivity index (χ2v) is 11.6. The summed E-state index contributed by atoms with van der Waals surface area (Å²) in [6.45, 7) is 3.79. The first-order valence-electron chi connectivity index (χ1n) is 14.4. The van der Waals surface area contributed by atoms with Crippen molar-refractivity contribution in [3.8, 4) is 5.75 Å². The molecule has 2 aliphatic heterocycles. The number of rotatable bonds is 9. The first-order valence-corrected chi connectivity index (χ1v) is 14.4. The Bertz CT molecular complexity index is 1150. The predicted molar refractivity (Wildman–Crippen MR) is 156 cm³/mol. The summed E-state index contributed by atoms with van der Waals surface area (Å²) in [5.41, 5.74) is 1.89. The fourth-order valence-corrected chi connectivity index (χ4v) is 6.26. The number of nitrogens with one attached hydrogen (secondary N) is 2. The Morgan fingerprint density at radius 1 is 1.05 bits per heavy atom. The highest BCUT2D eigenvalue weighted by Gasteiger charge is 2.44. The molecule has 10 heteroatoms. The van der Waals surface area contributed by atoms with Crippen LogP contribution in [0.2, 0.25) is 0 Å². The minimum atomic E-state index is -2.65. The van der Waals surface area contributed by atoms with Gasteiger partial charge in [0.1, 0.15) is 5.75 Å². The molecule has 1 spiro atoms. The Labute approximate surface area is 247 Å². The first-order chi connectivity index (χ1) is 19.2. The Hall–Kier alpha value is -2.91. The van der Waals surface area contributed by atoms with Gasteiger partial charge < -0.3 is 25.2 Å². The quantitative estimate of drug-likeness (QED) is 0.402. The average molecular weight is 591 g/mol. The van der Waals surface area contributed by atoms with Crippen LogP contribution in [0.25, 0.3) is 0 Å². The molecule has 2 aromatic carbocycles. The normalized spacial score (nSPS) is 21.1. The lowest BCUT2D eigenvalue weighted by atomic mass is 9.86. The fourth-order valence-electron chi connectivity index (χ4n) is 6.26. The summed E-state index contributed by atoms with van der Waals surface area (Å²) < 4.78 is 32.4. The summed E-state index contributed by atoms with van der Waals surface area (Å²) in [5, 5.41) is 6.45. The lowest BCUT2D eigenvalue weighted by Gasteiger charge is -2.39. The van der Waals surface area contributed by atoms with Gasteiger partial charge in [0.05, 0.1) is 18.7 Å². The zero-order valence-corrected chi connectivity index (χ0v) is 24.4.